The molecule has 0 aliphatic rings. The average molecular weight is 291 g/mol. The second kappa shape index (κ2) is 6.16. The van der Waals surface area contributed by atoms with Crippen LogP contribution in [0.15, 0.2) is 36.0 Å². The molecule has 2 aromatic rings. The minimum atomic E-state index is -1.09. The Morgan fingerprint density at radius 3 is 2.90 bits per heavy atom. The van der Waals surface area contributed by atoms with E-state index in [0.29, 0.717) is 4.88 Å². The Morgan fingerprint density at radius 2 is 2.35 bits per heavy atom. The molecule has 0 bridgehead atoms. The maximum absolute atomic E-state index is 11.7. The first-order chi connectivity index (χ1) is 9.56. The van der Waals surface area contributed by atoms with Crippen molar-refractivity contribution >= 4 is 29.3 Å². The van der Waals surface area contributed by atoms with E-state index < -0.39 is 17.9 Å². The SMILES string of the molecule is Cn1cc(/C=C/C(=O)NC(C(=O)O)c2cccs2)cn1. The molecule has 1 amide bonds. The van der Waals surface area contributed by atoms with Crippen molar-refractivity contribution in [2.24, 2.45) is 7.05 Å². The number of carboxylic acid groups (broad SMARTS) is 1. The van der Waals surface area contributed by atoms with Crippen LogP contribution >= 0.6 is 11.3 Å². The molecule has 0 saturated carbocycles. The summed E-state index contributed by atoms with van der Waals surface area (Å²) in [6, 6.07) is 2.39. The largest absolute Gasteiger partial charge is 0.479 e. The molecule has 7 heteroatoms. The summed E-state index contributed by atoms with van der Waals surface area (Å²) in [6.07, 6.45) is 6.23. The van der Waals surface area contributed by atoms with Gasteiger partial charge in [0.15, 0.2) is 6.04 Å². The maximum Gasteiger partial charge on any atom is 0.331 e. The van der Waals surface area contributed by atoms with Crippen LogP contribution in [-0.2, 0) is 16.6 Å². The normalized spacial score (nSPS) is 12.4. The zero-order chi connectivity index (χ0) is 14.5. The van der Waals surface area contributed by atoms with E-state index >= 15 is 0 Å². The van der Waals surface area contributed by atoms with Gasteiger partial charge in [-0.3, -0.25) is 9.48 Å². The lowest BCUT2D eigenvalue weighted by Crippen LogP contribution is -2.31. The van der Waals surface area contributed by atoms with E-state index in [2.05, 4.69) is 10.4 Å². The van der Waals surface area contributed by atoms with Crippen LogP contribution in [0.4, 0.5) is 0 Å². The first-order valence-corrected chi connectivity index (χ1v) is 6.67. The van der Waals surface area contributed by atoms with E-state index in [1.165, 1.54) is 17.4 Å². The van der Waals surface area contributed by atoms with Gasteiger partial charge in [-0.1, -0.05) is 6.07 Å². The summed E-state index contributed by atoms with van der Waals surface area (Å²) in [7, 11) is 1.77. The number of carbonyl (C=O) groups excluding carboxylic acids is 1. The number of hydrogen-bond acceptors (Lipinski definition) is 4. The van der Waals surface area contributed by atoms with Gasteiger partial charge >= 0.3 is 5.97 Å². The zero-order valence-corrected chi connectivity index (χ0v) is 11.5. The Morgan fingerprint density at radius 1 is 1.55 bits per heavy atom. The van der Waals surface area contributed by atoms with Gasteiger partial charge in [0, 0.05) is 29.8 Å². The third-order valence-corrected chi connectivity index (χ3v) is 3.45. The third-order valence-electron chi connectivity index (χ3n) is 2.51. The first kappa shape index (κ1) is 14.0. The quantitative estimate of drug-likeness (QED) is 0.816. The summed E-state index contributed by atoms with van der Waals surface area (Å²) >= 11 is 1.29. The number of thiophene rings is 1. The highest BCUT2D eigenvalue weighted by atomic mass is 32.1. The van der Waals surface area contributed by atoms with Crippen molar-refractivity contribution < 1.29 is 14.7 Å². The van der Waals surface area contributed by atoms with Crippen molar-refractivity contribution in [3.63, 3.8) is 0 Å². The second-order valence-corrected chi connectivity index (χ2v) is 5.06. The van der Waals surface area contributed by atoms with Crippen LogP contribution in [0.1, 0.15) is 16.5 Å². The van der Waals surface area contributed by atoms with Crippen molar-refractivity contribution in [1.29, 1.82) is 0 Å². The van der Waals surface area contributed by atoms with Gasteiger partial charge in [-0.25, -0.2) is 4.79 Å². The van der Waals surface area contributed by atoms with Crippen LogP contribution in [0.3, 0.4) is 0 Å². The van der Waals surface area contributed by atoms with Gasteiger partial charge in [0.2, 0.25) is 5.91 Å². The molecular weight excluding hydrogens is 278 g/mol. The first-order valence-electron chi connectivity index (χ1n) is 5.79. The highest BCUT2D eigenvalue weighted by Crippen LogP contribution is 2.19. The Kier molecular flexibility index (Phi) is 4.31. The molecule has 0 saturated heterocycles. The van der Waals surface area contributed by atoms with Gasteiger partial charge in [0.05, 0.1) is 6.20 Å². The molecule has 104 valence electrons. The molecule has 6 nitrogen and oxygen atoms in total. The molecule has 0 fully saturated rings. The van der Waals surface area contributed by atoms with Gasteiger partial charge in [-0.05, 0) is 17.5 Å². The standard InChI is InChI=1S/C13H13N3O3S/c1-16-8-9(7-14-16)4-5-11(17)15-12(13(18)19)10-3-2-6-20-10/h2-8,12H,1H3,(H,15,17)(H,18,19)/b5-4+. The molecule has 1 atom stereocenters. The maximum atomic E-state index is 11.7. The number of amides is 1. The number of nitrogens with one attached hydrogen (secondary N) is 1. The van der Waals surface area contributed by atoms with Crippen LogP contribution in [-0.4, -0.2) is 26.8 Å². The molecule has 0 aliphatic carbocycles. The van der Waals surface area contributed by atoms with E-state index in [9.17, 15) is 9.59 Å². The number of nitrogens with zero attached hydrogens (tertiary/aromatic N) is 2. The van der Waals surface area contributed by atoms with Gasteiger partial charge in [-0.15, -0.1) is 11.3 Å². The van der Waals surface area contributed by atoms with Gasteiger partial charge < -0.3 is 10.4 Å². The lowest BCUT2D eigenvalue weighted by molar-refractivity contribution is -0.141. The Bertz CT molecular complexity index is 631. The van der Waals surface area contributed by atoms with Crippen LogP contribution in [0, 0.1) is 0 Å². The molecule has 2 N–H and O–H groups in total. The van der Waals surface area contributed by atoms with Crippen LogP contribution in [0.25, 0.3) is 6.08 Å². The fraction of sp³-hybridized carbons (Fsp3) is 0.154. The lowest BCUT2D eigenvalue weighted by Gasteiger charge is -2.10. The average Bonchev–Trinajstić information content (AvgIpc) is 3.04. The number of aliphatic carboxylic acids is 1. The van der Waals surface area contributed by atoms with Gasteiger partial charge in [-0.2, -0.15) is 5.10 Å². The van der Waals surface area contributed by atoms with Crippen molar-refractivity contribution in [3.8, 4) is 0 Å². The molecule has 0 radical (unpaired) electrons. The monoisotopic (exact) mass is 291 g/mol. The van der Waals surface area contributed by atoms with Gasteiger partial charge in [0.25, 0.3) is 0 Å². The number of rotatable bonds is 5. The molecule has 0 spiro atoms. The molecule has 2 heterocycles. The Hall–Kier alpha value is -2.41. The number of hydrogen-bond donors (Lipinski definition) is 2. The zero-order valence-electron chi connectivity index (χ0n) is 10.7. The summed E-state index contributed by atoms with van der Waals surface area (Å²) in [6.45, 7) is 0. The van der Waals surface area contributed by atoms with E-state index in [1.54, 1.807) is 47.7 Å². The summed E-state index contributed by atoms with van der Waals surface area (Å²) in [4.78, 5) is 23.5. The number of carboxylic acids is 1. The van der Waals surface area contributed by atoms with Crippen molar-refractivity contribution in [1.82, 2.24) is 15.1 Å². The molecule has 20 heavy (non-hydrogen) atoms. The number of aromatic nitrogens is 2. The van der Waals surface area contributed by atoms with Crippen LogP contribution in [0.2, 0.25) is 0 Å². The Labute approximate surface area is 119 Å². The smallest absolute Gasteiger partial charge is 0.331 e. The highest BCUT2D eigenvalue weighted by molar-refractivity contribution is 7.10. The van der Waals surface area contributed by atoms with Crippen molar-refractivity contribution in [2.45, 2.75) is 6.04 Å². The predicted octanol–water partition coefficient (Wildman–Crippen LogP) is 1.44. The Balaban J connectivity index is 2.02. The van der Waals surface area contributed by atoms with Gasteiger partial charge in [0.1, 0.15) is 0 Å². The van der Waals surface area contributed by atoms with Crippen LogP contribution in [0.5, 0.6) is 0 Å². The molecular formula is C13H13N3O3S. The molecule has 2 aromatic heterocycles. The van der Waals surface area contributed by atoms with E-state index in [4.69, 9.17) is 5.11 Å². The molecule has 0 aromatic carbocycles. The van der Waals surface area contributed by atoms with E-state index in [-0.39, 0.29) is 0 Å². The second-order valence-electron chi connectivity index (χ2n) is 4.08. The summed E-state index contributed by atoms with van der Waals surface area (Å²) in [5, 5.41) is 17.3. The third kappa shape index (κ3) is 3.55. The predicted molar refractivity (Wildman–Crippen MR) is 75.1 cm³/mol. The topological polar surface area (TPSA) is 84.2 Å². The molecule has 0 aliphatic heterocycles. The molecule has 2 rings (SSSR count). The minimum Gasteiger partial charge on any atom is -0.479 e. The summed E-state index contributed by atoms with van der Waals surface area (Å²) in [5.41, 5.74) is 0.769. The van der Waals surface area contributed by atoms with Crippen molar-refractivity contribution in [2.75, 3.05) is 0 Å². The summed E-state index contributed by atoms with van der Waals surface area (Å²) < 4.78 is 1.61. The fourth-order valence-corrected chi connectivity index (χ4v) is 2.37. The van der Waals surface area contributed by atoms with E-state index in [0.717, 1.165) is 5.56 Å². The fourth-order valence-electron chi connectivity index (χ4n) is 1.60. The number of carbonyl (C=O) groups is 2. The highest BCUT2D eigenvalue weighted by Gasteiger charge is 2.21. The van der Waals surface area contributed by atoms with Crippen molar-refractivity contribution in [3.05, 3.63) is 46.4 Å². The minimum absolute atomic E-state index is 0.463. The van der Waals surface area contributed by atoms with Crippen LogP contribution < -0.4 is 5.32 Å². The molecule has 1 unspecified atom stereocenters. The lowest BCUT2D eigenvalue weighted by atomic mass is 10.2. The number of aryl methyl sites for hydroxylation is 1. The summed E-state index contributed by atoms with van der Waals surface area (Å²) in [5.74, 6) is -1.55. The van der Waals surface area contributed by atoms with E-state index in [1.807, 2.05) is 0 Å².